The van der Waals surface area contributed by atoms with Crippen molar-refractivity contribution in [2.45, 2.75) is 44.6 Å². The topological polar surface area (TPSA) is 81.2 Å². The summed E-state index contributed by atoms with van der Waals surface area (Å²) in [5, 5.41) is 0. The van der Waals surface area contributed by atoms with E-state index >= 15 is 0 Å². The second-order valence-electron chi connectivity index (χ2n) is 7.69. The van der Waals surface area contributed by atoms with Crippen molar-refractivity contribution in [1.82, 2.24) is 14.5 Å². The second-order valence-corrected chi connectivity index (χ2v) is 7.69. The zero-order chi connectivity index (χ0) is 18.8. The number of fused-ring (bicyclic) bond motifs is 1. The number of carbonyl (C=O) groups excluding carboxylic acids is 2. The number of amides is 2. The van der Waals surface area contributed by atoms with Gasteiger partial charge in [0.05, 0.1) is 0 Å². The third-order valence-corrected chi connectivity index (χ3v) is 5.94. The minimum absolute atomic E-state index is 0.105. The molecular weight excluding hydrogens is 340 g/mol. The van der Waals surface area contributed by atoms with Crippen molar-refractivity contribution in [1.29, 1.82) is 0 Å². The number of benzene rings is 1. The number of aromatic nitrogens is 2. The molecule has 2 heterocycles. The lowest BCUT2D eigenvalue weighted by atomic mass is 9.82. The SMILES string of the molecule is NC(=O)Cn1ccnc1C1CCN(C(=O)C2CCc3ccccc3C2)CC1. The number of imidazole rings is 1. The van der Waals surface area contributed by atoms with Crippen molar-refractivity contribution in [3.05, 3.63) is 53.6 Å². The lowest BCUT2D eigenvalue weighted by Gasteiger charge is -2.35. The monoisotopic (exact) mass is 366 g/mol. The zero-order valence-corrected chi connectivity index (χ0v) is 15.5. The first-order valence-corrected chi connectivity index (χ1v) is 9.76. The second kappa shape index (κ2) is 7.55. The van der Waals surface area contributed by atoms with Crippen LogP contribution >= 0.6 is 0 Å². The van der Waals surface area contributed by atoms with Crippen LogP contribution in [0.4, 0.5) is 0 Å². The van der Waals surface area contributed by atoms with E-state index in [9.17, 15) is 9.59 Å². The van der Waals surface area contributed by atoms with Gasteiger partial charge < -0.3 is 15.2 Å². The summed E-state index contributed by atoms with van der Waals surface area (Å²) in [5.41, 5.74) is 8.03. The normalized spacial score (nSPS) is 20.3. The Hall–Kier alpha value is -2.63. The minimum atomic E-state index is -0.362. The number of hydrogen-bond acceptors (Lipinski definition) is 3. The fraction of sp³-hybridized carbons (Fsp3) is 0.476. The molecule has 0 saturated carbocycles. The summed E-state index contributed by atoms with van der Waals surface area (Å²) in [7, 11) is 0. The molecule has 1 atom stereocenters. The number of nitrogens with zero attached hydrogens (tertiary/aromatic N) is 3. The molecule has 6 nitrogen and oxygen atoms in total. The van der Waals surface area contributed by atoms with E-state index < -0.39 is 0 Å². The minimum Gasteiger partial charge on any atom is -0.368 e. The summed E-state index contributed by atoms with van der Waals surface area (Å²) in [4.78, 5) is 30.7. The molecule has 1 aromatic heterocycles. The van der Waals surface area contributed by atoms with Gasteiger partial charge >= 0.3 is 0 Å². The molecule has 2 N–H and O–H groups in total. The van der Waals surface area contributed by atoms with Crippen LogP contribution in [-0.4, -0.2) is 39.4 Å². The summed E-state index contributed by atoms with van der Waals surface area (Å²) in [6, 6.07) is 8.47. The van der Waals surface area contributed by atoms with Crippen molar-refractivity contribution in [2.75, 3.05) is 13.1 Å². The van der Waals surface area contributed by atoms with E-state index in [1.165, 1.54) is 11.1 Å². The first-order chi connectivity index (χ1) is 13.1. The molecule has 0 spiro atoms. The highest BCUT2D eigenvalue weighted by molar-refractivity contribution is 5.79. The zero-order valence-electron chi connectivity index (χ0n) is 15.5. The number of primary amides is 1. The van der Waals surface area contributed by atoms with Gasteiger partial charge in [0, 0.05) is 37.3 Å². The molecule has 27 heavy (non-hydrogen) atoms. The van der Waals surface area contributed by atoms with Crippen LogP contribution in [0.25, 0.3) is 0 Å². The summed E-state index contributed by atoms with van der Waals surface area (Å²) in [6.45, 7) is 1.67. The summed E-state index contributed by atoms with van der Waals surface area (Å²) >= 11 is 0. The van der Waals surface area contributed by atoms with Crippen LogP contribution in [0.1, 0.15) is 42.1 Å². The van der Waals surface area contributed by atoms with Crippen LogP contribution in [0, 0.1) is 5.92 Å². The molecule has 2 aliphatic rings. The number of hydrogen-bond donors (Lipinski definition) is 1. The molecule has 1 unspecified atom stereocenters. The lowest BCUT2D eigenvalue weighted by molar-refractivity contribution is -0.137. The Morgan fingerprint density at radius 2 is 1.85 bits per heavy atom. The van der Waals surface area contributed by atoms with Crippen LogP contribution < -0.4 is 5.73 Å². The Morgan fingerprint density at radius 3 is 2.59 bits per heavy atom. The van der Waals surface area contributed by atoms with Gasteiger partial charge in [-0.05, 0) is 43.2 Å². The van der Waals surface area contributed by atoms with Crippen molar-refractivity contribution >= 4 is 11.8 Å². The van der Waals surface area contributed by atoms with E-state index in [0.29, 0.717) is 5.91 Å². The van der Waals surface area contributed by atoms with E-state index in [4.69, 9.17) is 5.73 Å². The molecule has 142 valence electrons. The van der Waals surface area contributed by atoms with E-state index in [-0.39, 0.29) is 24.3 Å². The highest BCUT2D eigenvalue weighted by Crippen LogP contribution is 2.31. The number of rotatable bonds is 4. The molecule has 4 rings (SSSR count). The predicted octanol–water partition coefficient (Wildman–Crippen LogP) is 1.88. The summed E-state index contributed by atoms with van der Waals surface area (Å²) < 4.78 is 1.84. The predicted molar refractivity (Wildman–Crippen MR) is 102 cm³/mol. The highest BCUT2D eigenvalue weighted by Gasteiger charge is 2.32. The Bertz CT molecular complexity index is 836. The van der Waals surface area contributed by atoms with Crippen molar-refractivity contribution in [3.63, 3.8) is 0 Å². The van der Waals surface area contributed by atoms with Crippen LogP contribution in [0.3, 0.4) is 0 Å². The largest absolute Gasteiger partial charge is 0.368 e. The van der Waals surface area contributed by atoms with Crippen molar-refractivity contribution in [3.8, 4) is 0 Å². The van der Waals surface area contributed by atoms with Gasteiger partial charge in [0.2, 0.25) is 11.8 Å². The number of carbonyl (C=O) groups is 2. The van der Waals surface area contributed by atoms with E-state index in [0.717, 1.165) is 51.0 Å². The Kier molecular flexibility index (Phi) is 4.97. The molecule has 2 amide bonds. The molecular formula is C21H26N4O2. The number of aryl methyl sites for hydroxylation is 1. The Morgan fingerprint density at radius 1 is 1.11 bits per heavy atom. The first kappa shape index (κ1) is 17.8. The van der Waals surface area contributed by atoms with Gasteiger partial charge in [0.25, 0.3) is 0 Å². The van der Waals surface area contributed by atoms with Gasteiger partial charge in [0.15, 0.2) is 0 Å². The average molecular weight is 366 g/mol. The molecule has 1 aromatic carbocycles. The quantitative estimate of drug-likeness (QED) is 0.897. The summed E-state index contributed by atoms with van der Waals surface area (Å²) in [6.07, 6.45) is 8.08. The fourth-order valence-corrected chi connectivity index (χ4v) is 4.51. The standard InChI is InChI=1S/C21H26N4O2/c22-19(26)14-25-12-9-23-20(25)16-7-10-24(11-8-16)21(27)18-6-5-15-3-1-2-4-17(15)13-18/h1-4,9,12,16,18H,5-8,10-11,13-14H2,(H2,22,26). The third-order valence-electron chi connectivity index (χ3n) is 5.94. The van der Waals surface area contributed by atoms with E-state index in [1.54, 1.807) is 12.4 Å². The number of nitrogens with two attached hydrogens (primary N) is 1. The molecule has 1 aliphatic heterocycles. The van der Waals surface area contributed by atoms with Crippen LogP contribution in [0.2, 0.25) is 0 Å². The van der Waals surface area contributed by atoms with Crippen LogP contribution in [-0.2, 0) is 29.0 Å². The van der Waals surface area contributed by atoms with Crippen LogP contribution in [0.15, 0.2) is 36.7 Å². The molecule has 2 aromatic rings. The molecule has 6 heteroatoms. The number of likely N-dealkylation sites (tertiary alicyclic amines) is 1. The van der Waals surface area contributed by atoms with Crippen molar-refractivity contribution in [2.24, 2.45) is 11.7 Å². The fourth-order valence-electron chi connectivity index (χ4n) is 4.51. The van der Waals surface area contributed by atoms with Gasteiger partial charge in [0.1, 0.15) is 12.4 Å². The van der Waals surface area contributed by atoms with Gasteiger partial charge in [-0.3, -0.25) is 9.59 Å². The molecule has 1 fully saturated rings. The van der Waals surface area contributed by atoms with Gasteiger partial charge in [-0.2, -0.15) is 0 Å². The Labute approximate surface area is 159 Å². The highest BCUT2D eigenvalue weighted by atomic mass is 16.2. The molecule has 1 aliphatic carbocycles. The summed E-state index contributed by atoms with van der Waals surface area (Å²) in [5.74, 6) is 1.22. The Balaban J connectivity index is 1.36. The maximum Gasteiger partial charge on any atom is 0.237 e. The van der Waals surface area contributed by atoms with Crippen LogP contribution in [0.5, 0.6) is 0 Å². The lowest BCUT2D eigenvalue weighted by Crippen LogP contribution is -2.43. The maximum atomic E-state index is 13.0. The van der Waals surface area contributed by atoms with E-state index in [2.05, 4.69) is 29.2 Å². The smallest absolute Gasteiger partial charge is 0.237 e. The van der Waals surface area contributed by atoms with Gasteiger partial charge in [-0.15, -0.1) is 0 Å². The molecule has 1 saturated heterocycles. The first-order valence-electron chi connectivity index (χ1n) is 9.76. The number of piperidine rings is 1. The molecule has 0 bridgehead atoms. The van der Waals surface area contributed by atoms with Crippen molar-refractivity contribution < 1.29 is 9.59 Å². The van der Waals surface area contributed by atoms with E-state index in [1.807, 2.05) is 9.47 Å². The third kappa shape index (κ3) is 3.75. The molecule has 0 radical (unpaired) electrons. The van der Waals surface area contributed by atoms with Gasteiger partial charge in [-0.1, -0.05) is 24.3 Å². The van der Waals surface area contributed by atoms with Gasteiger partial charge in [-0.25, -0.2) is 4.98 Å². The average Bonchev–Trinajstić information content (AvgIpc) is 3.14. The maximum absolute atomic E-state index is 13.0.